The number of sulfonamides is 1. The van der Waals surface area contributed by atoms with Crippen LogP contribution in [0.3, 0.4) is 0 Å². The van der Waals surface area contributed by atoms with Gasteiger partial charge in [-0.05, 0) is 37.1 Å². The number of carbonyl (C=O) groups excluding carboxylic acids is 1. The maximum absolute atomic E-state index is 12.4. The second-order valence-corrected chi connectivity index (χ2v) is 6.60. The van der Waals surface area contributed by atoms with Crippen molar-refractivity contribution in [2.24, 2.45) is 0 Å². The Morgan fingerprint density at radius 2 is 1.89 bits per heavy atom. The van der Waals surface area contributed by atoms with Crippen LogP contribution >= 0.6 is 11.6 Å². The van der Waals surface area contributed by atoms with E-state index in [1.54, 1.807) is 0 Å². The Morgan fingerprint density at radius 1 is 1.22 bits per heavy atom. The van der Waals surface area contributed by atoms with E-state index < -0.39 is 16.1 Å². The molecule has 0 bridgehead atoms. The summed E-state index contributed by atoms with van der Waals surface area (Å²) in [7, 11) is -3.60. The zero-order valence-corrected chi connectivity index (χ0v) is 11.3. The van der Waals surface area contributed by atoms with E-state index in [0.717, 1.165) is 12.8 Å². The first-order valence-corrected chi connectivity index (χ1v) is 7.60. The van der Waals surface area contributed by atoms with Crippen molar-refractivity contribution in [2.75, 3.05) is 6.54 Å². The molecule has 1 aromatic rings. The summed E-state index contributed by atoms with van der Waals surface area (Å²) in [6.07, 6.45) is 2.98. The van der Waals surface area contributed by atoms with Gasteiger partial charge in [-0.1, -0.05) is 18.0 Å². The molecule has 98 valence electrons. The highest BCUT2D eigenvalue weighted by atomic mass is 35.5. The van der Waals surface area contributed by atoms with Crippen LogP contribution in [0.4, 0.5) is 0 Å². The standard InChI is InChI=1S/C12H14ClNO3S/c13-10-4-6-12(7-5-10)18(16,17)14-8-2-1-3-11(14)9-15/h4-7,9,11H,1-3,8H2. The second kappa shape index (κ2) is 5.38. The summed E-state index contributed by atoms with van der Waals surface area (Å²) in [4.78, 5) is 11.2. The molecule has 0 saturated carbocycles. The Hall–Kier alpha value is -0.910. The molecule has 1 atom stereocenters. The van der Waals surface area contributed by atoms with E-state index in [1.807, 2.05) is 0 Å². The Balaban J connectivity index is 2.34. The van der Waals surface area contributed by atoms with Crippen molar-refractivity contribution >= 4 is 27.9 Å². The predicted octanol–water partition coefficient (Wildman–Crippen LogP) is 2.08. The summed E-state index contributed by atoms with van der Waals surface area (Å²) in [5.74, 6) is 0. The van der Waals surface area contributed by atoms with Crippen molar-refractivity contribution < 1.29 is 13.2 Å². The van der Waals surface area contributed by atoms with Gasteiger partial charge in [0, 0.05) is 11.6 Å². The number of benzene rings is 1. The number of nitrogens with zero attached hydrogens (tertiary/aromatic N) is 1. The van der Waals surface area contributed by atoms with Gasteiger partial charge in [0.05, 0.1) is 10.9 Å². The van der Waals surface area contributed by atoms with Crippen LogP contribution in [-0.2, 0) is 14.8 Å². The zero-order chi connectivity index (χ0) is 13.2. The maximum Gasteiger partial charge on any atom is 0.243 e. The molecular weight excluding hydrogens is 274 g/mol. The van der Waals surface area contributed by atoms with Crippen LogP contribution in [0.5, 0.6) is 0 Å². The Kier molecular flexibility index (Phi) is 4.04. The number of carbonyl (C=O) groups is 1. The van der Waals surface area contributed by atoms with Gasteiger partial charge in [-0.3, -0.25) is 0 Å². The molecule has 0 aliphatic carbocycles. The summed E-state index contributed by atoms with van der Waals surface area (Å²) >= 11 is 5.74. The smallest absolute Gasteiger partial charge is 0.243 e. The lowest BCUT2D eigenvalue weighted by Gasteiger charge is -2.31. The van der Waals surface area contributed by atoms with Gasteiger partial charge in [0.15, 0.2) is 0 Å². The highest BCUT2D eigenvalue weighted by Crippen LogP contribution is 2.25. The largest absolute Gasteiger partial charge is 0.302 e. The van der Waals surface area contributed by atoms with Gasteiger partial charge in [0.25, 0.3) is 0 Å². The average molecular weight is 288 g/mol. The topological polar surface area (TPSA) is 54.5 Å². The molecule has 18 heavy (non-hydrogen) atoms. The second-order valence-electron chi connectivity index (χ2n) is 4.27. The Bertz CT molecular complexity index is 527. The van der Waals surface area contributed by atoms with Gasteiger partial charge < -0.3 is 4.79 Å². The quantitative estimate of drug-likeness (QED) is 0.800. The van der Waals surface area contributed by atoms with Crippen LogP contribution < -0.4 is 0 Å². The van der Waals surface area contributed by atoms with Crippen LogP contribution in [0, 0.1) is 0 Å². The number of piperidine rings is 1. The lowest BCUT2D eigenvalue weighted by Crippen LogP contribution is -2.44. The van der Waals surface area contributed by atoms with Crippen molar-refractivity contribution in [1.29, 1.82) is 0 Å². The Morgan fingerprint density at radius 3 is 2.50 bits per heavy atom. The zero-order valence-electron chi connectivity index (χ0n) is 9.75. The minimum Gasteiger partial charge on any atom is -0.302 e. The van der Waals surface area contributed by atoms with Crippen LogP contribution in [0.25, 0.3) is 0 Å². The highest BCUT2D eigenvalue weighted by Gasteiger charge is 2.33. The monoisotopic (exact) mass is 287 g/mol. The molecule has 1 saturated heterocycles. The summed E-state index contributed by atoms with van der Waals surface area (Å²) < 4.78 is 26.1. The average Bonchev–Trinajstić information content (AvgIpc) is 2.39. The number of halogens is 1. The van der Waals surface area contributed by atoms with Gasteiger partial charge in [-0.25, -0.2) is 8.42 Å². The third kappa shape index (κ3) is 2.58. The van der Waals surface area contributed by atoms with Crippen LogP contribution in [-0.4, -0.2) is 31.6 Å². The maximum atomic E-state index is 12.4. The summed E-state index contributed by atoms with van der Waals surface area (Å²) in [6.45, 7) is 0.397. The number of hydrogen-bond acceptors (Lipinski definition) is 3. The van der Waals surface area contributed by atoms with Crippen molar-refractivity contribution in [3.8, 4) is 0 Å². The van der Waals surface area contributed by atoms with Gasteiger partial charge in [-0.15, -0.1) is 0 Å². The lowest BCUT2D eigenvalue weighted by molar-refractivity contribution is -0.111. The predicted molar refractivity (Wildman–Crippen MR) is 69.0 cm³/mol. The molecule has 0 N–H and O–H groups in total. The van der Waals surface area contributed by atoms with Crippen molar-refractivity contribution in [2.45, 2.75) is 30.2 Å². The number of aldehydes is 1. The summed E-state index contributed by atoms with van der Waals surface area (Å²) in [6, 6.07) is 5.46. The molecule has 0 radical (unpaired) electrons. The first-order valence-electron chi connectivity index (χ1n) is 5.78. The molecule has 1 aromatic carbocycles. The summed E-state index contributed by atoms with van der Waals surface area (Å²) in [5.41, 5.74) is 0. The number of hydrogen-bond donors (Lipinski definition) is 0. The Labute approximate surface area is 112 Å². The van der Waals surface area contributed by atoms with E-state index in [4.69, 9.17) is 11.6 Å². The fourth-order valence-corrected chi connectivity index (χ4v) is 3.87. The van der Waals surface area contributed by atoms with Crippen LogP contribution in [0.2, 0.25) is 5.02 Å². The molecular formula is C12H14ClNO3S. The van der Waals surface area contributed by atoms with Gasteiger partial charge in [0.1, 0.15) is 6.29 Å². The van der Waals surface area contributed by atoms with E-state index in [2.05, 4.69) is 0 Å². The molecule has 1 unspecified atom stereocenters. The molecule has 0 aromatic heterocycles. The molecule has 4 nitrogen and oxygen atoms in total. The molecule has 1 aliphatic rings. The minimum atomic E-state index is -3.60. The third-order valence-electron chi connectivity index (χ3n) is 3.08. The first kappa shape index (κ1) is 13.5. The normalized spacial score (nSPS) is 21.7. The van der Waals surface area contributed by atoms with Crippen molar-refractivity contribution in [1.82, 2.24) is 4.31 Å². The molecule has 1 fully saturated rings. The van der Waals surface area contributed by atoms with E-state index in [1.165, 1.54) is 28.6 Å². The molecule has 0 amide bonds. The van der Waals surface area contributed by atoms with E-state index in [9.17, 15) is 13.2 Å². The van der Waals surface area contributed by atoms with Gasteiger partial charge in [-0.2, -0.15) is 4.31 Å². The molecule has 2 rings (SSSR count). The summed E-state index contributed by atoms with van der Waals surface area (Å²) in [5, 5.41) is 0.486. The number of rotatable bonds is 3. The highest BCUT2D eigenvalue weighted by molar-refractivity contribution is 7.89. The fraction of sp³-hybridized carbons (Fsp3) is 0.417. The minimum absolute atomic E-state index is 0.181. The fourth-order valence-electron chi connectivity index (χ4n) is 2.11. The first-order chi connectivity index (χ1) is 8.55. The van der Waals surface area contributed by atoms with Gasteiger partial charge in [0.2, 0.25) is 10.0 Å². The lowest BCUT2D eigenvalue weighted by atomic mass is 10.1. The molecule has 1 heterocycles. The van der Waals surface area contributed by atoms with Crippen LogP contribution in [0.1, 0.15) is 19.3 Å². The van der Waals surface area contributed by atoms with Crippen molar-refractivity contribution in [3.63, 3.8) is 0 Å². The molecule has 6 heteroatoms. The molecule has 1 aliphatic heterocycles. The third-order valence-corrected chi connectivity index (χ3v) is 5.27. The van der Waals surface area contributed by atoms with Gasteiger partial charge >= 0.3 is 0 Å². The van der Waals surface area contributed by atoms with E-state index >= 15 is 0 Å². The van der Waals surface area contributed by atoms with E-state index in [-0.39, 0.29) is 4.90 Å². The van der Waals surface area contributed by atoms with E-state index in [0.29, 0.717) is 24.3 Å². The molecule has 0 spiro atoms. The van der Waals surface area contributed by atoms with Crippen LogP contribution in [0.15, 0.2) is 29.2 Å². The van der Waals surface area contributed by atoms with Crippen molar-refractivity contribution in [3.05, 3.63) is 29.3 Å². The SMILES string of the molecule is O=CC1CCCCN1S(=O)(=O)c1ccc(Cl)cc1.